The Labute approximate surface area is 379 Å². The molecule has 4 atom stereocenters. The van der Waals surface area contributed by atoms with Gasteiger partial charge in [-0.25, -0.2) is 4.79 Å². The van der Waals surface area contributed by atoms with E-state index in [-0.39, 0.29) is 42.1 Å². The number of nitrogens with one attached hydrogen (secondary N) is 2. The summed E-state index contributed by atoms with van der Waals surface area (Å²) in [5.41, 5.74) is 4.96. The number of carbonyl (C=O) groups is 6. The Bertz CT molecular complexity index is 2550. The van der Waals surface area contributed by atoms with Crippen molar-refractivity contribution in [2.45, 2.75) is 76.2 Å². The minimum Gasteiger partial charge on any atom is -0.453 e. The number of hydrogen-bond acceptors (Lipinski definition) is 9. The quantitative estimate of drug-likeness (QED) is 0.144. The molecule has 0 unspecified atom stereocenters. The van der Waals surface area contributed by atoms with Crippen molar-refractivity contribution in [3.63, 3.8) is 0 Å². The van der Waals surface area contributed by atoms with Gasteiger partial charge in [-0.1, -0.05) is 84.9 Å². The molecule has 0 aliphatic carbocycles. The molecule has 8 rings (SSSR count). The zero-order chi connectivity index (χ0) is 45.6. The van der Waals surface area contributed by atoms with Crippen molar-refractivity contribution in [1.82, 2.24) is 34.8 Å². The number of fused-ring (bicyclic) bond motifs is 3. The molecule has 0 radical (unpaired) electrons. The number of piperazine rings is 1. The number of methoxy groups -OCH3 is 1. The molecule has 0 bridgehead atoms. The molecule has 0 saturated carbocycles. The lowest BCUT2D eigenvalue weighted by atomic mass is 9.98. The number of carbonyl (C=O) groups excluding carboxylic acids is 6. The van der Waals surface area contributed by atoms with E-state index in [2.05, 4.69) is 56.3 Å². The number of benzene rings is 4. The Morgan fingerprint density at radius 3 is 1.55 bits per heavy atom. The van der Waals surface area contributed by atoms with E-state index in [0.29, 0.717) is 56.4 Å². The van der Waals surface area contributed by atoms with Crippen LogP contribution in [0.5, 0.6) is 0 Å². The Kier molecular flexibility index (Phi) is 14.0. The van der Waals surface area contributed by atoms with E-state index in [0.717, 1.165) is 65.7 Å². The number of amides is 4. The van der Waals surface area contributed by atoms with Gasteiger partial charge in [0.1, 0.15) is 12.1 Å². The number of aromatic nitrogens is 1. The van der Waals surface area contributed by atoms with Crippen LogP contribution in [0.2, 0.25) is 0 Å². The van der Waals surface area contributed by atoms with Crippen molar-refractivity contribution in [2.75, 3.05) is 60.0 Å². The summed E-state index contributed by atoms with van der Waals surface area (Å²) in [6.45, 7) is 7.69. The van der Waals surface area contributed by atoms with Gasteiger partial charge < -0.3 is 34.6 Å². The zero-order valence-electron chi connectivity index (χ0n) is 37.5. The molecule has 2 N–H and O–H groups in total. The van der Waals surface area contributed by atoms with Crippen molar-refractivity contribution in [3.8, 4) is 0 Å². The molecule has 14 nitrogen and oxygen atoms in total. The summed E-state index contributed by atoms with van der Waals surface area (Å²) in [5.74, 6) is -1.05. The molecule has 3 aliphatic heterocycles. The summed E-state index contributed by atoms with van der Waals surface area (Å²) in [4.78, 5) is 89.1. The molecule has 5 aromatic rings. The Morgan fingerprint density at radius 1 is 0.615 bits per heavy atom. The first-order chi connectivity index (χ1) is 31.5. The molecule has 340 valence electrons. The average molecular weight is 882 g/mol. The number of hydrogen-bond donors (Lipinski definition) is 2. The van der Waals surface area contributed by atoms with Crippen LogP contribution in [0.1, 0.15) is 66.9 Å². The van der Waals surface area contributed by atoms with Gasteiger partial charge in [-0.2, -0.15) is 0 Å². The maximum Gasteiger partial charge on any atom is 0.407 e. The van der Waals surface area contributed by atoms with Gasteiger partial charge in [0.25, 0.3) is 5.91 Å². The van der Waals surface area contributed by atoms with Gasteiger partial charge in [0, 0.05) is 93.9 Å². The molecule has 4 aromatic carbocycles. The highest BCUT2D eigenvalue weighted by atomic mass is 16.5. The summed E-state index contributed by atoms with van der Waals surface area (Å²) in [6, 6.07) is 27.3. The maximum absolute atomic E-state index is 14.2. The van der Waals surface area contributed by atoms with Gasteiger partial charge in [-0.05, 0) is 67.1 Å². The normalized spacial score (nSPS) is 19.0. The molecule has 3 saturated heterocycles. The zero-order valence-corrected chi connectivity index (χ0v) is 37.5. The van der Waals surface area contributed by atoms with Crippen LogP contribution in [-0.4, -0.2) is 132 Å². The van der Waals surface area contributed by atoms with Crippen molar-refractivity contribution in [1.29, 1.82) is 0 Å². The van der Waals surface area contributed by atoms with Crippen molar-refractivity contribution in [2.24, 2.45) is 0 Å². The molecule has 0 spiro atoms. The molecule has 3 fully saturated rings. The maximum atomic E-state index is 14.2. The predicted molar refractivity (Wildman–Crippen MR) is 248 cm³/mol. The van der Waals surface area contributed by atoms with Crippen LogP contribution in [0.15, 0.2) is 97.1 Å². The minimum atomic E-state index is -0.994. The number of likely N-dealkylation sites (tertiary alicyclic amines) is 2. The first kappa shape index (κ1) is 45.2. The minimum absolute atomic E-state index is 0.0404. The number of likely N-dealkylation sites (N-methyl/N-ethyl adjacent to an activating group) is 1. The first-order valence-electron chi connectivity index (χ1n) is 22.8. The Morgan fingerprint density at radius 2 is 1.09 bits per heavy atom. The van der Waals surface area contributed by atoms with Crippen LogP contribution >= 0.6 is 0 Å². The molecule has 4 amide bonds. The van der Waals surface area contributed by atoms with E-state index in [9.17, 15) is 28.8 Å². The Hall–Kier alpha value is -6.38. The van der Waals surface area contributed by atoms with Crippen LogP contribution in [0, 0.1) is 0 Å². The lowest BCUT2D eigenvalue weighted by Crippen LogP contribution is -2.47. The third kappa shape index (κ3) is 10.1. The van der Waals surface area contributed by atoms with Gasteiger partial charge in [0.2, 0.25) is 11.8 Å². The highest BCUT2D eigenvalue weighted by Crippen LogP contribution is 2.33. The van der Waals surface area contributed by atoms with Gasteiger partial charge in [0.15, 0.2) is 11.6 Å². The second kappa shape index (κ2) is 20.2. The van der Waals surface area contributed by atoms with Gasteiger partial charge in [0.05, 0.1) is 19.2 Å². The highest BCUT2D eigenvalue weighted by molar-refractivity contribution is 6.09. The van der Waals surface area contributed by atoms with E-state index < -0.39 is 30.3 Å². The second-order valence-electron chi connectivity index (χ2n) is 17.7. The fourth-order valence-corrected chi connectivity index (χ4v) is 9.91. The number of alkyl carbamates (subject to hydrolysis) is 1. The molecule has 4 heterocycles. The molecule has 65 heavy (non-hydrogen) atoms. The molecular weight excluding hydrogens is 823 g/mol. The SMILES string of the molecule is COC(=O)N[C@@H](C(=O)N1CCC[C@H]1C(=O)Cc1ccc2c3ccc(CC(=O)[C@@H]4CCCN4C(=O)[C@H](NC(C)=O)c4ccccc4)cc3n(CCN3CCN(C)CC3)c2c1)c1ccccc1. The molecule has 3 aliphatic rings. The Balaban J connectivity index is 1.05. The van der Waals surface area contributed by atoms with Crippen LogP contribution in [0.25, 0.3) is 21.8 Å². The van der Waals surface area contributed by atoms with E-state index in [4.69, 9.17) is 4.74 Å². The van der Waals surface area contributed by atoms with Crippen molar-refractivity contribution >= 4 is 57.2 Å². The second-order valence-corrected chi connectivity index (χ2v) is 17.7. The van der Waals surface area contributed by atoms with Gasteiger partial charge >= 0.3 is 6.09 Å². The number of Topliss-reactive ketones (excluding diaryl/α,β-unsaturated/α-hetero) is 2. The summed E-state index contributed by atoms with van der Waals surface area (Å²) >= 11 is 0. The molecule has 14 heteroatoms. The smallest absolute Gasteiger partial charge is 0.407 e. The summed E-state index contributed by atoms with van der Waals surface area (Å²) < 4.78 is 7.15. The third-order valence-electron chi connectivity index (χ3n) is 13.4. The molecule has 1 aromatic heterocycles. The fraction of sp³-hybridized carbons (Fsp3) is 0.412. The van der Waals surface area contributed by atoms with E-state index in [1.807, 2.05) is 48.5 Å². The van der Waals surface area contributed by atoms with E-state index in [1.165, 1.54) is 14.0 Å². The van der Waals surface area contributed by atoms with Crippen LogP contribution in [0.4, 0.5) is 4.79 Å². The topological polar surface area (TPSA) is 154 Å². The lowest BCUT2D eigenvalue weighted by Gasteiger charge is -2.32. The molecular formula is C51H59N7O7. The van der Waals surface area contributed by atoms with Crippen molar-refractivity contribution in [3.05, 3.63) is 119 Å². The third-order valence-corrected chi connectivity index (χ3v) is 13.4. The van der Waals surface area contributed by atoms with Gasteiger partial charge in [-0.15, -0.1) is 0 Å². The van der Waals surface area contributed by atoms with Crippen LogP contribution in [0.3, 0.4) is 0 Å². The van der Waals surface area contributed by atoms with Gasteiger partial charge in [-0.3, -0.25) is 28.9 Å². The predicted octanol–water partition coefficient (Wildman–Crippen LogP) is 5.22. The van der Waals surface area contributed by atoms with E-state index >= 15 is 0 Å². The number of nitrogens with zero attached hydrogens (tertiary/aromatic N) is 5. The van der Waals surface area contributed by atoms with Crippen LogP contribution < -0.4 is 10.6 Å². The lowest BCUT2D eigenvalue weighted by molar-refractivity contribution is -0.140. The van der Waals surface area contributed by atoms with Crippen LogP contribution in [-0.2, 0) is 48.1 Å². The average Bonchev–Trinajstić information content (AvgIpc) is 4.09. The summed E-state index contributed by atoms with van der Waals surface area (Å²) in [7, 11) is 3.39. The summed E-state index contributed by atoms with van der Waals surface area (Å²) in [6.07, 6.45) is 2.02. The number of ether oxygens (including phenoxy) is 1. The summed E-state index contributed by atoms with van der Waals surface area (Å²) in [5, 5.41) is 7.57. The highest BCUT2D eigenvalue weighted by Gasteiger charge is 2.39. The number of ketones is 2. The monoisotopic (exact) mass is 881 g/mol. The number of rotatable bonds is 15. The van der Waals surface area contributed by atoms with E-state index in [1.54, 1.807) is 34.1 Å². The fourth-order valence-electron chi connectivity index (χ4n) is 9.91. The first-order valence-corrected chi connectivity index (χ1v) is 22.8. The standard InChI is InChI=1S/C51H59N7O7/c1-34(59)52-47(37-12-6-4-7-13-37)49(62)57-22-10-16-41(57)45(60)32-35-18-20-39-40-21-19-36(31-44(40)56(43(39)30-35)29-28-55-26-24-54(2)25-27-55)33-46(61)42-17-11-23-58(42)50(63)48(53-51(64)65-3)38-14-8-5-9-15-38/h4-9,12-15,18-21,30-31,41-42,47-48H,10-11,16-17,22-29,32-33H2,1-3H3,(H,52,59)(H,53,64)/t41-,42-,47+,48+/m0/s1. The largest absolute Gasteiger partial charge is 0.453 e. The van der Waals surface area contributed by atoms with Crippen molar-refractivity contribution < 1.29 is 33.5 Å².